The highest BCUT2D eigenvalue weighted by Gasteiger charge is 2.23. The molecule has 0 spiro atoms. The zero-order valence-corrected chi connectivity index (χ0v) is 11.0. The molecule has 20 heavy (non-hydrogen) atoms. The predicted octanol–water partition coefficient (Wildman–Crippen LogP) is 1.81. The molecule has 1 amide bonds. The number of benzene rings is 2. The normalized spacial score (nSPS) is 12.4. The number of nitrogens with two attached hydrogens (primary N) is 1. The molecule has 0 bridgehead atoms. The van der Waals surface area contributed by atoms with Crippen molar-refractivity contribution in [1.82, 2.24) is 15.0 Å². The van der Waals surface area contributed by atoms with Gasteiger partial charge in [-0.05, 0) is 30.2 Å². The maximum atomic E-state index is 11.9. The Morgan fingerprint density at radius 2 is 1.95 bits per heavy atom. The van der Waals surface area contributed by atoms with Crippen LogP contribution in [-0.2, 0) is 4.79 Å². The van der Waals surface area contributed by atoms with E-state index in [2.05, 4.69) is 10.3 Å². The summed E-state index contributed by atoms with van der Waals surface area (Å²) in [6.07, 6.45) is 0. The smallest absolute Gasteiger partial charge is 0.246 e. The summed E-state index contributed by atoms with van der Waals surface area (Å²) in [6.45, 7) is 1.98. The number of carbonyl (C=O) groups excluding carboxylic acids is 1. The third-order valence-corrected chi connectivity index (χ3v) is 3.26. The van der Waals surface area contributed by atoms with E-state index in [0.29, 0.717) is 0 Å². The van der Waals surface area contributed by atoms with Crippen molar-refractivity contribution in [2.45, 2.75) is 13.0 Å². The number of rotatable bonds is 3. The number of aromatic nitrogens is 3. The van der Waals surface area contributed by atoms with Gasteiger partial charge in [0.25, 0.3) is 0 Å². The topological polar surface area (TPSA) is 73.8 Å². The molecule has 100 valence electrons. The lowest BCUT2D eigenvalue weighted by Crippen LogP contribution is -2.28. The van der Waals surface area contributed by atoms with Crippen LogP contribution < -0.4 is 5.73 Å². The Labute approximate surface area is 116 Å². The Hall–Kier alpha value is -2.69. The lowest BCUT2D eigenvalue weighted by molar-refractivity contribution is -0.120. The van der Waals surface area contributed by atoms with Gasteiger partial charge in [-0.25, -0.2) is 4.68 Å². The summed E-state index contributed by atoms with van der Waals surface area (Å²) in [5.41, 5.74) is 8.99. The van der Waals surface area contributed by atoms with Crippen molar-refractivity contribution >= 4 is 16.9 Å². The van der Waals surface area contributed by atoms with Crippen LogP contribution >= 0.6 is 0 Å². The van der Waals surface area contributed by atoms with Gasteiger partial charge in [0.1, 0.15) is 5.52 Å². The van der Waals surface area contributed by atoms with Gasteiger partial charge in [-0.3, -0.25) is 4.79 Å². The lowest BCUT2D eigenvalue weighted by atomic mass is 10.1. The third kappa shape index (κ3) is 2.03. The number of carbonyl (C=O) groups is 1. The van der Waals surface area contributed by atoms with Gasteiger partial charge in [0.2, 0.25) is 5.91 Å². The second-order valence-electron chi connectivity index (χ2n) is 4.74. The minimum Gasteiger partial charge on any atom is -0.368 e. The van der Waals surface area contributed by atoms with Crippen LogP contribution in [0.25, 0.3) is 11.0 Å². The van der Waals surface area contributed by atoms with Crippen LogP contribution in [0.15, 0.2) is 48.5 Å². The van der Waals surface area contributed by atoms with Gasteiger partial charge < -0.3 is 5.73 Å². The molecule has 1 aromatic heterocycles. The molecule has 1 atom stereocenters. The predicted molar refractivity (Wildman–Crippen MR) is 76.0 cm³/mol. The Bertz CT molecular complexity index is 764. The second-order valence-corrected chi connectivity index (χ2v) is 4.74. The van der Waals surface area contributed by atoms with E-state index in [-0.39, 0.29) is 0 Å². The fourth-order valence-corrected chi connectivity index (χ4v) is 2.30. The Kier molecular flexibility index (Phi) is 2.95. The van der Waals surface area contributed by atoms with E-state index >= 15 is 0 Å². The first kappa shape index (κ1) is 12.3. The Balaban J connectivity index is 2.20. The van der Waals surface area contributed by atoms with Crippen LogP contribution in [0, 0.1) is 6.92 Å². The van der Waals surface area contributed by atoms with Gasteiger partial charge >= 0.3 is 0 Å². The zero-order valence-electron chi connectivity index (χ0n) is 11.0. The maximum Gasteiger partial charge on any atom is 0.246 e. The summed E-state index contributed by atoms with van der Waals surface area (Å²) < 4.78 is 1.58. The molecule has 3 rings (SSSR count). The van der Waals surface area contributed by atoms with Crippen molar-refractivity contribution in [2.24, 2.45) is 5.73 Å². The summed E-state index contributed by atoms with van der Waals surface area (Å²) in [6, 6.07) is 14.5. The molecule has 3 aromatic rings. The van der Waals surface area contributed by atoms with E-state index in [1.54, 1.807) is 4.68 Å². The lowest BCUT2D eigenvalue weighted by Gasteiger charge is -2.14. The Morgan fingerprint density at radius 1 is 1.20 bits per heavy atom. The summed E-state index contributed by atoms with van der Waals surface area (Å²) in [7, 11) is 0. The number of aryl methyl sites for hydroxylation is 1. The van der Waals surface area contributed by atoms with Gasteiger partial charge in [-0.15, -0.1) is 5.10 Å². The van der Waals surface area contributed by atoms with Crippen molar-refractivity contribution < 1.29 is 4.79 Å². The Morgan fingerprint density at radius 3 is 2.65 bits per heavy atom. The van der Waals surface area contributed by atoms with Crippen molar-refractivity contribution in [3.05, 3.63) is 59.7 Å². The first-order valence-electron chi connectivity index (χ1n) is 6.32. The third-order valence-electron chi connectivity index (χ3n) is 3.26. The SMILES string of the molecule is Cc1ccc2nnn([C@H](C(N)=O)c3ccccc3)c2c1. The van der Waals surface area contributed by atoms with Gasteiger partial charge in [0.15, 0.2) is 6.04 Å². The standard InChI is InChI=1S/C15H14N4O/c1-10-7-8-12-13(9-10)19(18-17-12)14(15(16)20)11-5-3-2-4-6-11/h2-9,14H,1H3,(H2,16,20)/t14-/m0/s1. The molecule has 2 N–H and O–H groups in total. The summed E-state index contributed by atoms with van der Waals surface area (Å²) in [4.78, 5) is 11.9. The highest BCUT2D eigenvalue weighted by Crippen LogP contribution is 2.22. The van der Waals surface area contributed by atoms with Gasteiger partial charge in [0, 0.05) is 0 Å². The molecule has 0 saturated carbocycles. The van der Waals surface area contributed by atoms with Crippen LogP contribution in [0.4, 0.5) is 0 Å². The summed E-state index contributed by atoms with van der Waals surface area (Å²) in [5, 5.41) is 8.19. The van der Waals surface area contributed by atoms with Crippen molar-refractivity contribution in [3.63, 3.8) is 0 Å². The van der Waals surface area contributed by atoms with Crippen LogP contribution in [0.1, 0.15) is 17.2 Å². The quantitative estimate of drug-likeness (QED) is 0.785. The van der Waals surface area contributed by atoms with E-state index in [1.165, 1.54) is 0 Å². The van der Waals surface area contributed by atoms with E-state index in [0.717, 1.165) is 22.2 Å². The largest absolute Gasteiger partial charge is 0.368 e. The monoisotopic (exact) mass is 266 g/mol. The van der Waals surface area contributed by atoms with Gasteiger partial charge in [-0.1, -0.05) is 41.6 Å². The van der Waals surface area contributed by atoms with Crippen molar-refractivity contribution in [1.29, 1.82) is 0 Å². The maximum absolute atomic E-state index is 11.9. The molecular weight excluding hydrogens is 252 g/mol. The van der Waals surface area contributed by atoms with E-state index in [4.69, 9.17) is 5.73 Å². The van der Waals surface area contributed by atoms with Crippen molar-refractivity contribution in [2.75, 3.05) is 0 Å². The average Bonchev–Trinajstić information content (AvgIpc) is 2.83. The number of fused-ring (bicyclic) bond motifs is 1. The molecule has 0 unspecified atom stereocenters. The molecule has 0 aliphatic heterocycles. The summed E-state index contributed by atoms with van der Waals surface area (Å²) >= 11 is 0. The second kappa shape index (κ2) is 4.77. The molecule has 5 heteroatoms. The molecule has 0 aliphatic carbocycles. The zero-order chi connectivity index (χ0) is 14.1. The minimum atomic E-state index is -0.650. The number of hydrogen-bond acceptors (Lipinski definition) is 3. The first-order valence-corrected chi connectivity index (χ1v) is 6.32. The molecule has 0 fully saturated rings. The van der Waals surface area contributed by atoms with Crippen LogP contribution in [0.5, 0.6) is 0 Å². The molecule has 0 radical (unpaired) electrons. The molecule has 2 aromatic carbocycles. The molecule has 0 aliphatic rings. The van der Waals surface area contributed by atoms with Crippen molar-refractivity contribution in [3.8, 4) is 0 Å². The number of amides is 1. The molecule has 1 heterocycles. The fraction of sp³-hybridized carbons (Fsp3) is 0.133. The van der Waals surface area contributed by atoms with Crippen LogP contribution in [0.2, 0.25) is 0 Å². The average molecular weight is 266 g/mol. The van der Waals surface area contributed by atoms with Gasteiger partial charge in [-0.2, -0.15) is 0 Å². The highest BCUT2D eigenvalue weighted by molar-refractivity contribution is 5.85. The minimum absolute atomic E-state index is 0.454. The number of hydrogen-bond donors (Lipinski definition) is 1. The van der Waals surface area contributed by atoms with Crippen LogP contribution in [-0.4, -0.2) is 20.9 Å². The van der Waals surface area contributed by atoms with Crippen LogP contribution in [0.3, 0.4) is 0 Å². The van der Waals surface area contributed by atoms with Gasteiger partial charge in [0.05, 0.1) is 5.52 Å². The van der Waals surface area contributed by atoms with E-state index in [9.17, 15) is 4.79 Å². The molecule has 0 saturated heterocycles. The summed E-state index contributed by atoms with van der Waals surface area (Å²) in [5.74, 6) is -0.454. The van der Waals surface area contributed by atoms with E-state index in [1.807, 2.05) is 55.5 Å². The molecule has 5 nitrogen and oxygen atoms in total. The van der Waals surface area contributed by atoms with E-state index < -0.39 is 11.9 Å². The number of primary amides is 1. The number of nitrogens with zero attached hydrogens (tertiary/aromatic N) is 3. The first-order chi connectivity index (χ1) is 9.66. The molecular formula is C15H14N4O. The highest BCUT2D eigenvalue weighted by atomic mass is 16.1. The fourth-order valence-electron chi connectivity index (χ4n) is 2.30.